The summed E-state index contributed by atoms with van der Waals surface area (Å²) in [5, 5.41) is 62.6. The summed E-state index contributed by atoms with van der Waals surface area (Å²) in [4.78, 5) is 223. The van der Waals surface area contributed by atoms with Crippen LogP contribution in [0.4, 0.5) is 0 Å². The number of primary amides is 4. The topological polar surface area (TPSA) is 614 Å². The average molecular weight is 1560 g/mol. The van der Waals surface area contributed by atoms with Crippen LogP contribution in [-0.4, -0.2) is 217 Å². The van der Waals surface area contributed by atoms with E-state index in [0.717, 1.165) is 20.8 Å². The van der Waals surface area contributed by atoms with Gasteiger partial charge in [-0.1, -0.05) is 62.4 Å². The average Bonchev–Trinajstić information content (AvgIpc) is 1.72. The summed E-state index contributed by atoms with van der Waals surface area (Å²) in [5.41, 5.74) is 23.8. The van der Waals surface area contributed by atoms with E-state index in [1.54, 1.807) is 54.7 Å². The summed E-state index contributed by atoms with van der Waals surface area (Å²) in [5.74, 6) is -17.4. The Morgan fingerprint density at radius 1 is 0.394 bits per heavy atom. The number of aromatic nitrogens is 2. The van der Waals surface area contributed by atoms with Crippen LogP contribution in [0.25, 0.3) is 21.8 Å². The molecule has 2 heterocycles. The van der Waals surface area contributed by atoms with Crippen LogP contribution in [0.15, 0.2) is 85.2 Å². The fourth-order valence-corrected chi connectivity index (χ4v) is 11.7. The van der Waals surface area contributed by atoms with Crippen molar-refractivity contribution < 1.29 is 92.0 Å². The second-order valence-electron chi connectivity index (χ2n) is 26.4. The first-order chi connectivity index (χ1) is 51.5. The number of aliphatic hydroxyl groups is 2. The molecule has 3 aromatic carbocycles. The number of nitrogens with two attached hydrogens (primary N) is 4. The molecule has 109 heavy (non-hydrogen) atoms. The van der Waals surface area contributed by atoms with Gasteiger partial charge in [0, 0.05) is 84.7 Å². The maximum atomic E-state index is 15.1. The van der Waals surface area contributed by atoms with E-state index >= 15 is 9.59 Å². The van der Waals surface area contributed by atoms with E-state index in [2.05, 4.69) is 99.0 Å². The molecular weight excluding hydrogens is 1460 g/mol. The Kier molecular flexibility index (Phi) is 34.7. The lowest BCUT2D eigenvalue weighted by molar-refractivity contribution is -0.137. The first kappa shape index (κ1) is 88.3. The number of carbonyl (C=O) groups excluding carboxylic acids is 16. The number of aromatic amines is 2. The van der Waals surface area contributed by atoms with Crippen LogP contribution in [0.5, 0.6) is 5.75 Å². The van der Waals surface area contributed by atoms with E-state index in [9.17, 15) is 82.4 Å². The lowest BCUT2D eigenvalue weighted by Gasteiger charge is -2.29. The Hall–Kier alpha value is -11.3. The first-order valence-electron chi connectivity index (χ1n) is 34.7. The summed E-state index contributed by atoms with van der Waals surface area (Å²) in [6.07, 6.45) is -3.96. The van der Waals surface area contributed by atoms with E-state index in [0.29, 0.717) is 38.5 Å². The molecule has 0 bridgehead atoms. The fourth-order valence-electron chi connectivity index (χ4n) is 11.2. The number of amides is 16. The number of fused-ring (bicyclic) bond motifs is 2. The molecular formula is C70H96N18O19S2. The van der Waals surface area contributed by atoms with Gasteiger partial charge in [0.15, 0.2) is 0 Å². The third kappa shape index (κ3) is 28.4. The minimum absolute atomic E-state index is 0.104. The molecule has 0 fully saturated rings. The van der Waals surface area contributed by atoms with Gasteiger partial charge in [0.1, 0.15) is 72.2 Å². The number of hydrogen-bond donors (Lipinski definition) is 23. The van der Waals surface area contributed by atoms with Gasteiger partial charge < -0.3 is 112 Å². The number of aliphatic hydroxyl groups excluding tert-OH is 2. The van der Waals surface area contributed by atoms with E-state index < -0.39 is 218 Å². The number of phenols is 1. The molecule has 592 valence electrons. The van der Waals surface area contributed by atoms with Crippen LogP contribution >= 0.6 is 25.3 Å². The Bertz CT molecular complexity index is 4100. The largest absolute Gasteiger partial charge is 0.508 e. The highest BCUT2D eigenvalue weighted by Gasteiger charge is 2.39. The summed E-state index contributed by atoms with van der Waals surface area (Å²) < 4.78 is 0. The lowest BCUT2D eigenvalue weighted by atomic mass is 9.99. The summed E-state index contributed by atoms with van der Waals surface area (Å²) in [6.45, 7) is 6.32. The van der Waals surface area contributed by atoms with Gasteiger partial charge >= 0.3 is 0 Å². The molecule has 0 unspecified atom stereocenters. The molecule has 0 spiro atoms. The molecule has 5 rings (SSSR count). The van der Waals surface area contributed by atoms with Crippen LogP contribution < -0.4 is 86.7 Å². The summed E-state index contributed by atoms with van der Waals surface area (Å²) >= 11 is 8.44. The van der Waals surface area contributed by atoms with Crippen molar-refractivity contribution in [2.75, 3.05) is 18.1 Å². The zero-order valence-corrected chi connectivity index (χ0v) is 62.2. The van der Waals surface area contributed by atoms with Gasteiger partial charge in [0.2, 0.25) is 94.5 Å². The molecule has 0 saturated carbocycles. The molecule has 2 aromatic heterocycles. The number of para-hydroxylation sites is 2. The number of nitrogens with one attached hydrogen (secondary N) is 14. The van der Waals surface area contributed by atoms with Crippen LogP contribution in [0.1, 0.15) is 96.3 Å². The van der Waals surface area contributed by atoms with Gasteiger partial charge in [0.25, 0.3) is 0 Å². The van der Waals surface area contributed by atoms with Crippen molar-refractivity contribution in [3.63, 3.8) is 0 Å². The quantitative estimate of drug-likeness (QED) is 0.0162. The molecule has 0 aliphatic carbocycles. The van der Waals surface area contributed by atoms with Crippen molar-refractivity contribution in [3.8, 4) is 5.75 Å². The SMILES string of the molecule is CC(=O)N[C@@H](CS)C(=O)N[C@@H](CCC(N)=O)C(=O)N[C@H](C(=O)N[C@@H](Cc1c[nH]c2ccccc12)C(=O)N[C@@H](CCC(N)=O)C(=O)N[C@@H](CS)C(=O)N[C@@H](Cc1ccc(O)cc1)C(=O)N[C@@H](Cc1c[nH]c2ccccc12)C(=O)N[C@@H](CCC(C)C)C(=O)N[C@H](C(=O)N[C@@H](CC(N)=O)C(=O)NCC(N)=O)[C@@H](C)O)[C@@H](C)O. The van der Waals surface area contributed by atoms with Gasteiger partial charge in [-0.3, -0.25) is 76.7 Å². The molecule has 16 amide bonds. The third-order valence-electron chi connectivity index (χ3n) is 17.1. The van der Waals surface area contributed by atoms with Gasteiger partial charge in [-0.2, -0.15) is 25.3 Å². The van der Waals surface area contributed by atoms with Crippen molar-refractivity contribution in [3.05, 3.63) is 102 Å². The molecule has 0 radical (unpaired) electrons. The molecule has 0 aliphatic rings. The number of phenolic OH excluding ortho intramolecular Hbond substituents is 1. The normalized spacial score (nSPS) is 14.8. The van der Waals surface area contributed by atoms with Gasteiger partial charge in [0.05, 0.1) is 25.2 Å². The molecule has 25 N–H and O–H groups in total. The number of benzene rings is 3. The number of carbonyl (C=O) groups is 16. The van der Waals surface area contributed by atoms with Crippen molar-refractivity contribution in [2.45, 2.75) is 177 Å². The highest BCUT2D eigenvalue weighted by atomic mass is 32.1. The molecule has 5 aromatic rings. The van der Waals surface area contributed by atoms with Crippen molar-refractivity contribution in [2.24, 2.45) is 28.9 Å². The van der Waals surface area contributed by atoms with Gasteiger partial charge in [-0.25, -0.2) is 0 Å². The van der Waals surface area contributed by atoms with Crippen molar-refractivity contribution in [1.82, 2.24) is 73.8 Å². The van der Waals surface area contributed by atoms with Crippen LogP contribution in [0.2, 0.25) is 0 Å². The van der Waals surface area contributed by atoms with Crippen molar-refractivity contribution >= 4 is 142 Å². The maximum Gasteiger partial charge on any atom is 0.245 e. The minimum Gasteiger partial charge on any atom is -0.508 e. The second-order valence-corrected chi connectivity index (χ2v) is 27.1. The number of thiol groups is 2. The fraction of sp³-hybridized carbons (Fsp3) is 0.457. The lowest BCUT2D eigenvalue weighted by Crippen LogP contribution is -2.62. The van der Waals surface area contributed by atoms with Gasteiger partial charge in [-0.15, -0.1) is 0 Å². The Morgan fingerprint density at radius 3 is 1.15 bits per heavy atom. The first-order valence-corrected chi connectivity index (χ1v) is 35.9. The predicted octanol–water partition coefficient (Wildman–Crippen LogP) is -5.20. The molecule has 0 aliphatic heterocycles. The molecule has 37 nitrogen and oxygen atoms in total. The molecule has 13 atom stereocenters. The van der Waals surface area contributed by atoms with Crippen LogP contribution in [0.3, 0.4) is 0 Å². The monoisotopic (exact) mass is 1560 g/mol. The molecule has 0 saturated heterocycles. The number of aromatic hydroxyl groups is 1. The summed E-state index contributed by atoms with van der Waals surface area (Å²) in [7, 11) is 0. The molecule has 39 heteroatoms. The Balaban J connectivity index is 1.47. The Morgan fingerprint density at radius 2 is 0.752 bits per heavy atom. The number of hydrogen-bond acceptors (Lipinski definition) is 21. The smallest absolute Gasteiger partial charge is 0.245 e. The standard InChI is InChI=1S/C70H96N18O19S2/c1-33(2)14-19-45(62(99)87-59(35(4)90)70(107)85-51(27-56(73)95)60(97)77-30-57(74)96)79-65(102)49(25-38-28-75-43-12-8-6-10-41(38)43)83-64(101)48(24-37-15-17-40(92)18-16-37)82-68(105)53(32-109)86-61(98)46(20-22-54(71)93)80-66(103)50(26-39-29-76-44-13-9-7-11-42(39)44)84-69(106)58(34(3)89)88-63(100)47(21-23-55(72)94)81-67(104)52(31-108)78-36(5)91/h6-13,15-18,28-29,33-35,45-53,58-59,75-76,89-90,92,108-109H,14,19-27,30-32H2,1-5H3,(H2,71,93)(H2,72,94)(H2,73,95)(H2,74,96)(H,77,97)(H,78,91)(H,79,102)(H,80,103)(H,81,104)(H,82,105)(H,83,101)(H,84,106)(H,85,107)(H,86,98)(H,87,99)(H,88,100)/t34-,35-,45+,46+,47+,48+,49+,50+,51+,52+,53+,58+,59+/m1/s1. The summed E-state index contributed by atoms with van der Waals surface area (Å²) in [6, 6.07) is 0.847. The van der Waals surface area contributed by atoms with Crippen molar-refractivity contribution in [1.29, 1.82) is 0 Å². The second kappa shape index (κ2) is 42.9. The van der Waals surface area contributed by atoms with E-state index in [-0.39, 0.29) is 49.5 Å². The Labute approximate surface area is 636 Å². The maximum absolute atomic E-state index is 15.1. The number of rotatable bonds is 45. The van der Waals surface area contributed by atoms with E-state index in [4.69, 9.17) is 22.9 Å². The zero-order chi connectivity index (χ0) is 80.9. The van der Waals surface area contributed by atoms with Crippen LogP contribution in [0, 0.1) is 5.92 Å². The minimum atomic E-state index is -1.91. The zero-order valence-electron chi connectivity index (χ0n) is 60.4. The predicted molar refractivity (Wildman–Crippen MR) is 401 cm³/mol. The third-order valence-corrected chi connectivity index (χ3v) is 17.8. The highest BCUT2D eigenvalue weighted by molar-refractivity contribution is 7.80. The van der Waals surface area contributed by atoms with Crippen LogP contribution in [-0.2, 0) is 96.0 Å². The van der Waals surface area contributed by atoms with E-state index in [1.165, 1.54) is 30.5 Å². The number of H-pyrrole nitrogens is 2. The van der Waals surface area contributed by atoms with Gasteiger partial charge in [-0.05, 0) is 86.4 Å². The van der Waals surface area contributed by atoms with E-state index in [1.807, 2.05) is 13.8 Å². The highest BCUT2D eigenvalue weighted by Crippen LogP contribution is 2.23.